The van der Waals surface area contributed by atoms with Crippen LogP contribution >= 0.6 is 0 Å². The van der Waals surface area contributed by atoms with Crippen molar-refractivity contribution in [2.45, 2.75) is 18.9 Å². The number of aromatic amines is 1. The van der Waals surface area contributed by atoms with Gasteiger partial charge in [0.2, 0.25) is 11.8 Å². The van der Waals surface area contributed by atoms with Crippen LogP contribution in [0.15, 0.2) is 24.3 Å². The summed E-state index contributed by atoms with van der Waals surface area (Å²) in [7, 11) is 1.55. The van der Waals surface area contributed by atoms with Gasteiger partial charge in [-0.2, -0.15) is 5.26 Å². The third kappa shape index (κ3) is 4.23. The fourth-order valence-corrected chi connectivity index (χ4v) is 3.23. The highest BCUT2D eigenvalue weighted by Crippen LogP contribution is 2.25. The molecule has 0 aliphatic carbocycles. The number of H-pyrrole nitrogens is 1. The van der Waals surface area contributed by atoms with Crippen molar-refractivity contribution in [2.24, 2.45) is 5.92 Å². The van der Waals surface area contributed by atoms with E-state index in [1.165, 1.54) is 0 Å². The molecule has 1 fully saturated rings. The average molecular weight is 383 g/mol. The lowest BCUT2D eigenvalue weighted by Gasteiger charge is -2.14. The summed E-state index contributed by atoms with van der Waals surface area (Å²) in [4.78, 5) is 39.0. The lowest BCUT2D eigenvalue weighted by Crippen LogP contribution is -2.42. The van der Waals surface area contributed by atoms with Crippen LogP contribution in [-0.2, 0) is 9.59 Å². The summed E-state index contributed by atoms with van der Waals surface area (Å²) in [5, 5.41) is 17.7. The summed E-state index contributed by atoms with van der Waals surface area (Å²) in [5.41, 5.74) is 1.04. The first-order chi connectivity index (χ1) is 13.5. The highest BCUT2D eigenvalue weighted by molar-refractivity contribution is 6.00. The zero-order valence-electron chi connectivity index (χ0n) is 15.4. The normalized spacial score (nSPS) is 16.9. The van der Waals surface area contributed by atoms with Crippen molar-refractivity contribution in [3.05, 3.63) is 30.0 Å². The fourth-order valence-electron chi connectivity index (χ4n) is 3.23. The van der Waals surface area contributed by atoms with Gasteiger partial charge in [0, 0.05) is 23.4 Å². The summed E-state index contributed by atoms with van der Waals surface area (Å²) < 4.78 is 5.26. The number of benzene rings is 1. The summed E-state index contributed by atoms with van der Waals surface area (Å²) in [5.74, 6) is -0.680. The zero-order valence-corrected chi connectivity index (χ0v) is 15.4. The van der Waals surface area contributed by atoms with E-state index in [1.807, 2.05) is 12.1 Å². The van der Waals surface area contributed by atoms with Crippen LogP contribution in [0, 0.1) is 17.2 Å². The molecule has 146 valence electrons. The predicted octanol–water partition coefficient (Wildman–Crippen LogP) is 0.441. The van der Waals surface area contributed by atoms with Gasteiger partial charge in [0.15, 0.2) is 0 Å². The number of carbonyl (C=O) groups excluding carboxylic acids is 3. The molecule has 0 spiro atoms. The van der Waals surface area contributed by atoms with Crippen molar-refractivity contribution >= 4 is 28.6 Å². The highest BCUT2D eigenvalue weighted by atomic mass is 16.5. The molecule has 9 nitrogen and oxygen atoms in total. The first kappa shape index (κ1) is 19.2. The molecule has 9 heteroatoms. The standard InChI is InChI=1S/C19H21N5O4/c1-28-16-4-2-3-14-13(16)8-15(24-14)19(27)22-10-17(25)23-12(9-20)7-11-5-6-21-18(11)26/h2-4,8,11-12,24H,5-7,10H2,1H3,(H,21,26)(H,22,27)(H,23,25)/t11-,12-/m0/s1. The second-order valence-electron chi connectivity index (χ2n) is 6.55. The molecule has 2 heterocycles. The minimum absolute atomic E-state index is 0.1000. The van der Waals surface area contributed by atoms with Gasteiger partial charge in [0.05, 0.1) is 19.7 Å². The Morgan fingerprint density at radius 1 is 1.43 bits per heavy atom. The van der Waals surface area contributed by atoms with Gasteiger partial charge < -0.3 is 25.7 Å². The summed E-state index contributed by atoms with van der Waals surface area (Å²) in [6.07, 6.45) is 0.900. The molecule has 0 saturated carbocycles. The maximum absolute atomic E-state index is 12.3. The Morgan fingerprint density at radius 2 is 2.25 bits per heavy atom. The van der Waals surface area contributed by atoms with Crippen LogP contribution in [0.1, 0.15) is 23.3 Å². The smallest absolute Gasteiger partial charge is 0.268 e. The van der Waals surface area contributed by atoms with Crippen LogP contribution in [0.4, 0.5) is 0 Å². The number of aromatic nitrogens is 1. The van der Waals surface area contributed by atoms with Gasteiger partial charge in [0.25, 0.3) is 5.91 Å². The van der Waals surface area contributed by atoms with Crippen LogP contribution in [-0.4, -0.2) is 48.9 Å². The van der Waals surface area contributed by atoms with E-state index in [0.717, 1.165) is 10.9 Å². The Labute approximate surface area is 161 Å². The van der Waals surface area contributed by atoms with Gasteiger partial charge >= 0.3 is 0 Å². The SMILES string of the molecule is COc1cccc2[nH]c(C(=O)NCC(=O)N[C@H](C#N)C[C@@H]3CCNC3=O)cc12. The van der Waals surface area contributed by atoms with Crippen LogP contribution in [0.25, 0.3) is 10.9 Å². The van der Waals surface area contributed by atoms with Crippen molar-refractivity contribution < 1.29 is 19.1 Å². The second-order valence-corrected chi connectivity index (χ2v) is 6.55. The number of amides is 3. The average Bonchev–Trinajstić information content (AvgIpc) is 3.31. The number of ether oxygens (including phenoxy) is 1. The number of nitrogens with one attached hydrogen (secondary N) is 4. The number of fused-ring (bicyclic) bond motifs is 1. The molecule has 1 saturated heterocycles. The molecule has 4 N–H and O–H groups in total. The van der Waals surface area contributed by atoms with Crippen LogP contribution in [0.2, 0.25) is 0 Å². The number of rotatable bonds is 7. The molecular formula is C19H21N5O4. The van der Waals surface area contributed by atoms with E-state index in [9.17, 15) is 19.6 Å². The van der Waals surface area contributed by atoms with Crippen LogP contribution in [0.5, 0.6) is 5.75 Å². The lowest BCUT2D eigenvalue weighted by atomic mass is 9.99. The van der Waals surface area contributed by atoms with E-state index in [1.54, 1.807) is 25.3 Å². The molecule has 1 aliphatic rings. The van der Waals surface area contributed by atoms with E-state index < -0.39 is 17.9 Å². The van der Waals surface area contributed by atoms with Crippen LogP contribution in [0.3, 0.4) is 0 Å². The maximum atomic E-state index is 12.3. The molecule has 28 heavy (non-hydrogen) atoms. The minimum Gasteiger partial charge on any atom is -0.496 e. The van der Waals surface area contributed by atoms with Gasteiger partial charge in [-0.15, -0.1) is 0 Å². The second kappa shape index (κ2) is 8.43. The monoisotopic (exact) mass is 383 g/mol. The molecule has 3 amide bonds. The zero-order chi connectivity index (χ0) is 20.1. The Kier molecular flexibility index (Phi) is 5.79. The number of hydrogen-bond donors (Lipinski definition) is 4. The number of nitrogens with zero attached hydrogens (tertiary/aromatic N) is 1. The van der Waals surface area contributed by atoms with E-state index in [-0.39, 0.29) is 24.8 Å². The van der Waals surface area contributed by atoms with E-state index in [4.69, 9.17) is 4.74 Å². The maximum Gasteiger partial charge on any atom is 0.268 e. The van der Waals surface area contributed by atoms with Gasteiger partial charge in [-0.05, 0) is 31.0 Å². The minimum atomic E-state index is -0.782. The predicted molar refractivity (Wildman–Crippen MR) is 100 cm³/mol. The summed E-state index contributed by atoms with van der Waals surface area (Å²) >= 11 is 0. The van der Waals surface area contributed by atoms with Crippen molar-refractivity contribution in [1.82, 2.24) is 20.9 Å². The lowest BCUT2D eigenvalue weighted by molar-refractivity contribution is -0.124. The largest absolute Gasteiger partial charge is 0.496 e. The summed E-state index contributed by atoms with van der Waals surface area (Å²) in [6.45, 7) is 0.307. The molecular weight excluding hydrogens is 362 g/mol. The van der Waals surface area contributed by atoms with Crippen molar-refractivity contribution in [1.29, 1.82) is 5.26 Å². The Bertz CT molecular complexity index is 945. The fraction of sp³-hybridized carbons (Fsp3) is 0.368. The Hall–Kier alpha value is -3.54. The van der Waals surface area contributed by atoms with E-state index in [0.29, 0.717) is 24.4 Å². The molecule has 2 atom stereocenters. The summed E-state index contributed by atoms with van der Waals surface area (Å²) in [6, 6.07) is 8.27. The molecule has 1 aromatic heterocycles. The first-order valence-corrected chi connectivity index (χ1v) is 8.92. The van der Waals surface area contributed by atoms with Crippen LogP contribution < -0.4 is 20.7 Å². The molecule has 0 unspecified atom stereocenters. The molecule has 1 aromatic carbocycles. The number of methoxy groups -OCH3 is 1. The van der Waals surface area contributed by atoms with Gasteiger partial charge in [-0.25, -0.2) is 0 Å². The molecule has 0 bridgehead atoms. The topological polar surface area (TPSA) is 136 Å². The Morgan fingerprint density at radius 3 is 2.93 bits per heavy atom. The first-order valence-electron chi connectivity index (χ1n) is 8.92. The van der Waals surface area contributed by atoms with E-state index in [2.05, 4.69) is 20.9 Å². The molecule has 3 rings (SSSR count). The molecule has 2 aromatic rings. The molecule has 0 radical (unpaired) electrons. The Balaban J connectivity index is 1.54. The number of hydrogen-bond acceptors (Lipinski definition) is 5. The van der Waals surface area contributed by atoms with Gasteiger partial charge in [0.1, 0.15) is 17.5 Å². The number of nitriles is 1. The third-order valence-corrected chi connectivity index (χ3v) is 4.67. The third-order valence-electron chi connectivity index (χ3n) is 4.67. The van der Waals surface area contributed by atoms with Gasteiger partial charge in [-0.3, -0.25) is 14.4 Å². The van der Waals surface area contributed by atoms with Crippen molar-refractivity contribution in [2.75, 3.05) is 20.2 Å². The van der Waals surface area contributed by atoms with E-state index >= 15 is 0 Å². The highest BCUT2D eigenvalue weighted by Gasteiger charge is 2.27. The van der Waals surface area contributed by atoms with Crippen molar-refractivity contribution in [3.8, 4) is 11.8 Å². The van der Waals surface area contributed by atoms with Crippen molar-refractivity contribution in [3.63, 3.8) is 0 Å². The molecule has 1 aliphatic heterocycles. The number of carbonyl (C=O) groups is 3. The quantitative estimate of drug-likeness (QED) is 0.550. The van der Waals surface area contributed by atoms with Gasteiger partial charge in [-0.1, -0.05) is 6.07 Å².